The highest BCUT2D eigenvalue weighted by Gasteiger charge is 2.01. The maximum atomic E-state index is 10.3. The van der Waals surface area contributed by atoms with Crippen LogP contribution in [0, 0.1) is 5.92 Å². The molecule has 1 unspecified atom stereocenters. The molecule has 0 amide bonds. The Morgan fingerprint density at radius 2 is 2.20 bits per heavy atom. The average molecular weight is 142 g/mol. The summed E-state index contributed by atoms with van der Waals surface area (Å²) >= 11 is 0. The quantitative estimate of drug-likeness (QED) is 0.612. The second kappa shape index (κ2) is 4.09. The first-order chi connectivity index (χ1) is 4.57. The maximum Gasteiger partial charge on any atom is 0.330 e. The van der Waals surface area contributed by atoms with Crippen molar-refractivity contribution in [1.29, 1.82) is 0 Å². The SMILES string of the molecule is CCC(C)/C=C(\C)C(=O)O. The van der Waals surface area contributed by atoms with Crippen LogP contribution >= 0.6 is 0 Å². The van der Waals surface area contributed by atoms with Gasteiger partial charge in [-0.05, 0) is 12.8 Å². The van der Waals surface area contributed by atoms with E-state index in [1.807, 2.05) is 13.8 Å². The van der Waals surface area contributed by atoms with Crippen molar-refractivity contribution in [3.63, 3.8) is 0 Å². The van der Waals surface area contributed by atoms with Gasteiger partial charge >= 0.3 is 5.97 Å². The van der Waals surface area contributed by atoms with E-state index in [-0.39, 0.29) is 0 Å². The van der Waals surface area contributed by atoms with Crippen LogP contribution in [0.1, 0.15) is 27.2 Å². The minimum absolute atomic E-state index is 0.371. The number of allylic oxidation sites excluding steroid dienone is 1. The van der Waals surface area contributed by atoms with Crippen molar-refractivity contribution in [3.8, 4) is 0 Å². The molecular weight excluding hydrogens is 128 g/mol. The van der Waals surface area contributed by atoms with Crippen LogP contribution in [0.2, 0.25) is 0 Å². The summed E-state index contributed by atoms with van der Waals surface area (Å²) in [6, 6.07) is 0. The minimum Gasteiger partial charge on any atom is -0.478 e. The monoisotopic (exact) mass is 142 g/mol. The summed E-state index contributed by atoms with van der Waals surface area (Å²) in [4.78, 5) is 10.3. The standard InChI is InChI=1S/C8H14O2/c1-4-6(2)5-7(3)8(9)10/h5-6H,4H2,1-3H3,(H,9,10)/b7-5+. The first-order valence-electron chi connectivity index (χ1n) is 3.49. The molecule has 1 atom stereocenters. The Kier molecular flexibility index (Phi) is 3.77. The number of hydrogen-bond acceptors (Lipinski definition) is 1. The molecule has 58 valence electrons. The van der Waals surface area contributed by atoms with Gasteiger partial charge in [0.2, 0.25) is 0 Å². The fraction of sp³-hybridized carbons (Fsp3) is 0.625. The maximum absolute atomic E-state index is 10.3. The third kappa shape index (κ3) is 3.28. The van der Waals surface area contributed by atoms with Crippen molar-refractivity contribution in [3.05, 3.63) is 11.6 Å². The van der Waals surface area contributed by atoms with Gasteiger partial charge in [-0.3, -0.25) is 0 Å². The lowest BCUT2D eigenvalue weighted by Gasteiger charge is -2.00. The van der Waals surface area contributed by atoms with Gasteiger partial charge in [-0.1, -0.05) is 26.3 Å². The molecule has 0 aromatic rings. The fourth-order valence-electron chi connectivity index (χ4n) is 0.616. The molecule has 0 spiro atoms. The number of carboxylic acid groups (broad SMARTS) is 1. The molecule has 0 bridgehead atoms. The topological polar surface area (TPSA) is 37.3 Å². The van der Waals surface area contributed by atoms with E-state index in [1.165, 1.54) is 0 Å². The van der Waals surface area contributed by atoms with Gasteiger partial charge in [-0.2, -0.15) is 0 Å². The number of aliphatic carboxylic acids is 1. The molecule has 0 saturated heterocycles. The van der Waals surface area contributed by atoms with Crippen LogP contribution in [0.4, 0.5) is 0 Å². The van der Waals surface area contributed by atoms with E-state index < -0.39 is 5.97 Å². The van der Waals surface area contributed by atoms with Crippen molar-refractivity contribution < 1.29 is 9.90 Å². The highest BCUT2D eigenvalue weighted by atomic mass is 16.4. The second-order valence-electron chi connectivity index (χ2n) is 2.54. The Balaban J connectivity index is 4.02. The Bertz CT molecular complexity index is 147. The summed E-state index contributed by atoms with van der Waals surface area (Å²) in [5.74, 6) is -0.448. The van der Waals surface area contributed by atoms with Gasteiger partial charge in [0.25, 0.3) is 0 Å². The molecule has 0 heterocycles. The van der Waals surface area contributed by atoms with Gasteiger partial charge in [0.15, 0.2) is 0 Å². The Morgan fingerprint density at radius 1 is 1.70 bits per heavy atom. The van der Waals surface area contributed by atoms with Crippen molar-refractivity contribution in [2.24, 2.45) is 5.92 Å². The van der Waals surface area contributed by atoms with Crippen LogP contribution in [-0.4, -0.2) is 11.1 Å². The van der Waals surface area contributed by atoms with E-state index in [1.54, 1.807) is 13.0 Å². The molecule has 0 rings (SSSR count). The zero-order valence-corrected chi connectivity index (χ0v) is 6.72. The number of carboxylic acids is 1. The van der Waals surface area contributed by atoms with Gasteiger partial charge in [0, 0.05) is 5.57 Å². The number of rotatable bonds is 3. The predicted octanol–water partition coefficient (Wildman–Crippen LogP) is 2.06. The third-order valence-corrected chi connectivity index (χ3v) is 1.52. The second-order valence-corrected chi connectivity index (χ2v) is 2.54. The average Bonchev–Trinajstić information content (AvgIpc) is 1.87. The fourth-order valence-corrected chi connectivity index (χ4v) is 0.616. The van der Waals surface area contributed by atoms with Crippen LogP contribution in [0.15, 0.2) is 11.6 Å². The molecule has 0 fully saturated rings. The molecule has 0 radical (unpaired) electrons. The van der Waals surface area contributed by atoms with Crippen molar-refractivity contribution in [2.45, 2.75) is 27.2 Å². The molecule has 2 heteroatoms. The summed E-state index contributed by atoms with van der Waals surface area (Å²) < 4.78 is 0. The van der Waals surface area contributed by atoms with E-state index in [0.717, 1.165) is 6.42 Å². The normalized spacial score (nSPS) is 14.9. The summed E-state index contributed by atoms with van der Waals surface area (Å²) in [6.07, 6.45) is 2.77. The molecule has 10 heavy (non-hydrogen) atoms. The van der Waals surface area contributed by atoms with Crippen molar-refractivity contribution >= 4 is 5.97 Å². The highest BCUT2D eigenvalue weighted by Crippen LogP contribution is 2.05. The van der Waals surface area contributed by atoms with E-state index in [4.69, 9.17) is 5.11 Å². The van der Waals surface area contributed by atoms with Crippen molar-refractivity contribution in [1.82, 2.24) is 0 Å². The largest absolute Gasteiger partial charge is 0.478 e. The molecule has 0 aliphatic rings. The van der Waals surface area contributed by atoms with Crippen LogP contribution in [0.25, 0.3) is 0 Å². The van der Waals surface area contributed by atoms with Crippen LogP contribution in [0.5, 0.6) is 0 Å². The third-order valence-electron chi connectivity index (χ3n) is 1.52. The molecule has 0 aliphatic heterocycles. The molecule has 0 aromatic heterocycles. The lowest BCUT2D eigenvalue weighted by atomic mass is 10.1. The Labute approximate surface area is 61.6 Å². The predicted molar refractivity (Wildman–Crippen MR) is 40.8 cm³/mol. The molecular formula is C8H14O2. The number of hydrogen-bond donors (Lipinski definition) is 1. The zero-order valence-electron chi connectivity index (χ0n) is 6.72. The molecule has 0 saturated carbocycles. The van der Waals surface area contributed by atoms with Gasteiger partial charge in [0.1, 0.15) is 0 Å². The molecule has 0 aromatic carbocycles. The van der Waals surface area contributed by atoms with Gasteiger partial charge in [-0.25, -0.2) is 4.79 Å². The Morgan fingerprint density at radius 3 is 2.50 bits per heavy atom. The smallest absolute Gasteiger partial charge is 0.330 e. The summed E-state index contributed by atoms with van der Waals surface area (Å²) in [6.45, 7) is 5.66. The van der Waals surface area contributed by atoms with Crippen LogP contribution < -0.4 is 0 Å². The van der Waals surface area contributed by atoms with Gasteiger partial charge < -0.3 is 5.11 Å². The van der Waals surface area contributed by atoms with E-state index in [0.29, 0.717) is 11.5 Å². The summed E-state index contributed by atoms with van der Waals surface area (Å²) in [5, 5.41) is 8.46. The van der Waals surface area contributed by atoms with E-state index >= 15 is 0 Å². The summed E-state index contributed by atoms with van der Waals surface area (Å²) in [5.41, 5.74) is 0.439. The molecule has 1 N–H and O–H groups in total. The minimum atomic E-state index is -0.819. The highest BCUT2D eigenvalue weighted by molar-refractivity contribution is 5.85. The molecule has 2 nitrogen and oxygen atoms in total. The van der Waals surface area contributed by atoms with Crippen LogP contribution in [-0.2, 0) is 4.79 Å². The Hall–Kier alpha value is -0.790. The van der Waals surface area contributed by atoms with E-state index in [9.17, 15) is 4.79 Å². The van der Waals surface area contributed by atoms with Crippen molar-refractivity contribution in [2.75, 3.05) is 0 Å². The first-order valence-corrected chi connectivity index (χ1v) is 3.49. The van der Waals surface area contributed by atoms with Crippen LogP contribution in [0.3, 0.4) is 0 Å². The van der Waals surface area contributed by atoms with Gasteiger partial charge in [-0.15, -0.1) is 0 Å². The first kappa shape index (κ1) is 9.21. The lowest BCUT2D eigenvalue weighted by molar-refractivity contribution is -0.132. The van der Waals surface area contributed by atoms with E-state index in [2.05, 4.69) is 0 Å². The zero-order chi connectivity index (χ0) is 8.15. The van der Waals surface area contributed by atoms with Gasteiger partial charge in [0.05, 0.1) is 0 Å². The lowest BCUT2D eigenvalue weighted by Crippen LogP contribution is -1.98. The number of carbonyl (C=O) groups is 1. The summed E-state index contributed by atoms with van der Waals surface area (Å²) in [7, 11) is 0. The molecule has 0 aliphatic carbocycles.